The Morgan fingerprint density at radius 3 is 2.46 bits per heavy atom. The van der Waals surface area contributed by atoms with Crippen molar-refractivity contribution in [2.24, 2.45) is 0 Å². The van der Waals surface area contributed by atoms with Gasteiger partial charge in [-0.25, -0.2) is 4.98 Å². The number of piperidine rings is 1. The molecule has 0 unspecified atom stereocenters. The predicted molar refractivity (Wildman–Crippen MR) is 137 cm³/mol. The lowest BCUT2D eigenvalue weighted by Gasteiger charge is -2.27. The molecule has 4 aromatic rings. The van der Waals surface area contributed by atoms with Gasteiger partial charge in [-0.2, -0.15) is 5.26 Å². The first kappa shape index (κ1) is 22.3. The number of nitriles is 1. The molecule has 35 heavy (non-hydrogen) atoms. The molecule has 5 rings (SSSR count). The van der Waals surface area contributed by atoms with Gasteiger partial charge in [0.15, 0.2) is 0 Å². The summed E-state index contributed by atoms with van der Waals surface area (Å²) in [5, 5.41) is 9.54. The number of fused-ring (bicyclic) bond motifs is 1. The number of nitrogens with zero attached hydrogens (tertiary/aromatic N) is 4. The van der Waals surface area contributed by atoms with Crippen molar-refractivity contribution in [1.29, 1.82) is 5.26 Å². The SMILES string of the molecule is N#Cc1ccc(/C=C/c2nc3ccccc3c(=O)n2-c2cccc(C(=O)N3CCCCC3)c2)cc1. The number of carbonyl (C=O) groups excluding carboxylic acids is 1. The Morgan fingerprint density at radius 2 is 1.69 bits per heavy atom. The zero-order chi connectivity index (χ0) is 24.2. The summed E-state index contributed by atoms with van der Waals surface area (Å²) in [7, 11) is 0. The molecule has 0 radical (unpaired) electrons. The minimum absolute atomic E-state index is 0.0111. The van der Waals surface area contributed by atoms with Crippen LogP contribution in [0.25, 0.3) is 28.7 Å². The summed E-state index contributed by atoms with van der Waals surface area (Å²) in [6.07, 6.45) is 6.83. The van der Waals surface area contributed by atoms with Crippen molar-refractivity contribution in [3.05, 3.63) is 106 Å². The van der Waals surface area contributed by atoms with E-state index in [1.54, 1.807) is 41.0 Å². The number of carbonyl (C=O) groups is 1. The quantitative estimate of drug-likeness (QED) is 0.427. The molecule has 0 spiro atoms. The lowest BCUT2D eigenvalue weighted by molar-refractivity contribution is 0.0724. The molecule has 6 heteroatoms. The van der Waals surface area contributed by atoms with Crippen LogP contribution in [0.2, 0.25) is 0 Å². The van der Waals surface area contributed by atoms with Crippen LogP contribution in [0.1, 0.15) is 46.6 Å². The van der Waals surface area contributed by atoms with Crippen LogP contribution in [-0.4, -0.2) is 33.4 Å². The van der Waals surface area contributed by atoms with Crippen LogP contribution in [0.5, 0.6) is 0 Å². The van der Waals surface area contributed by atoms with E-state index in [2.05, 4.69) is 6.07 Å². The number of hydrogen-bond acceptors (Lipinski definition) is 4. The molecule has 1 saturated heterocycles. The number of para-hydroxylation sites is 1. The first-order chi connectivity index (χ1) is 17.1. The maximum Gasteiger partial charge on any atom is 0.266 e. The first-order valence-electron chi connectivity index (χ1n) is 11.7. The van der Waals surface area contributed by atoms with Crippen LogP contribution in [0.4, 0.5) is 0 Å². The summed E-state index contributed by atoms with van der Waals surface area (Å²) >= 11 is 0. The summed E-state index contributed by atoms with van der Waals surface area (Å²) < 4.78 is 1.55. The third-order valence-electron chi connectivity index (χ3n) is 6.26. The molecule has 1 aromatic heterocycles. The van der Waals surface area contributed by atoms with Gasteiger partial charge in [0, 0.05) is 18.7 Å². The van der Waals surface area contributed by atoms with Gasteiger partial charge >= 0.3 is 0 Å². The lowest BCUT2D eigenvalue weighted by atomic mass is 10.1. The predicted octanol–water partition coefficient (Wildman–Crippen LogP) is 5.05. The van der Waals surface area contributed by atoms with Crippen molar-refractivity contribution in [2.45, 2.75) is 19.3 Å². The van der Waals surface area contributed by atoms with Crippen molar-refractivity contribution in [3.8, 4) is 11.8 Å². The monoisotopic (exact) mass is 460 g/mol. The van der Waals surface area contributed by atoms with Gasteiger partial charge < -0.3 is 4.90 Å². The average Bonchev–Trinajstić information content (AvgIpc) is 2.92. The van der Waals surface area contributed by atoms with Gasteiger partial charge in [-0.05, 0) is 73.4 Å². The van der Waals surface area contributed by atoms with E-state index in [0.29, 0.717) is 33.5 Å². The number of hydrogen-bond donors (Lipinski definition) is 0. The second kappa shape index (κ2) is 9.78. The van der Waals surface area contributed by atoms with E-state index < -0.39 is 0 Å². The Hall–Kier alpha value is -4.50. The van der Waals surface area contributed by atoms with Crippen LogP contribution in [-0.2, 0) is 0 Å². The Morgan fingerprint density at radius 1 is 0.914 bits per heavy atom. The van der Waals surface area contributed by atoms with Gasteiger partial charge in [0.2, 0.25) is 0 Å². The summed E-state index contributed by atoms with van der Waals surface area (Å²) in [6.45, 7) is 1.53. The van der Waals surface area contributed by atoms with Crippen LogP contribution in [0.15, 0.2) is 77.6 Å². The molecule has 0 bridgehead atoms. The van der Waals surface area contributed by atoms with Crippen LogP contribution in [0, 0.1) is 11.3 Å². The van der Waals surface area contributed by atoms with Crippen LogP contribution < -0.4 is 5.56 Å². The fourth-order valence-corrected chi connectivity index (χ4v) is 4.41. The highest BCUT2D eigenvalue weighted by Crippen LogP contribution is 2.19. The molecule has 1 aliphatic rings. The highest BCUT2D eigenvalue weighted by Gasteiger charge is 2.19. The zero-order valence-electron chi connectivity index (χ0n) is 19.2. The molecule has 1 amide bonds. The number of benzene rings is 3. The van der Waals surface area contributed by atoms with Crippen molar-refractivity contribution in [2.75, 3.05) is 13.1 Å². The Kier molecular flexibility index (Phi) is 6.23. The van der Waals surface area contributed by atoms with Gasteiger partial charge in [-0.15, -0.1) is 0 Å². The van der Waals surface area contributed by atoms with E-state index >= 15 is 0 Å². The number of amides is 1. The molecule has 0 aliphatic carbocycles. The Balaban J connectivity index is 1.60. The summed E-state index contributed by atoms with van der Waals surface area (Å²) in [5.74, 6) is 0.448. The van der Waals surface area contributed by atoms with E-state index in [1.807, 2.05) is 53.4 Å². The van der Waals surface area contributed by atoms with Gasteiger partial charge in [0.1, 0.15) is 5.82 Å². The summed E-state index contributed by atoms with van der Waals surface area (Å²) in [6, 6.07) is 23.7. The molecule has 0 atom stereocenters. The first-order valence-corrected chi connectivity index (χ1v) is 11.7. The Labute approximate surface area is 203 Å². The maximum absolute atomic E-state index is 13.6. The normalized spacial score (nSPS) is 13.7. The van der Waals surface area contributed by atoms with Gasteiger partial charge in [-0.1, -0.05) is 36.4 Å². The molecule has 6 nitrogen and oxygen atoms in total. The zero-order valence-corrected chi connectivity index (χ0v) is 19.2. The maximum atomic E-state index is 13.6. The van der Waals surface area contributed by atoms with E-state index in [-0.39, 0.29) is 11.5 Å². The topological polar surface area (TPSA) is 79.0 Å². The molecule has 1 fully saturated rings. The number of aromatic nitrogens is 2. The van der Waals surface area contributed by atoms with E-state index in [1.165, 1.54) is 0 Å². The fourth-order valence-electron chi connectivity index (χ4n) is 4.41. The van der Waals surface area contributed by atoms with E-state index in [4.69, 9.17) is 10.2 Å². The number of likely N-dealkylation sites (tertiary alicyclic amines) is 1. The average molecular weight is 461 g/mol. The number of rotatable bonds is 4. The minimum Gasteiger partial charge on any atom is -0.339 e. The molecule has 0 N–H and O–H groups in total. The summed E-state index contributed by atoms with van der Waals surface area (Å²) in [4.78, 5) is 33.3. The largest absolute Gasteiger partial charge is 0.339 e. The van der Waals surface area contributed by atoms with E-state index in [0.717, 1.165) is 37.9 Å². The van der Waals surface area contributed by atoms with E-state index in [9.17, 15) is 9.59 Å². The summed E-state index contributed by atoms with van der Waals surface area (Å²) in [5.41, 5.74) is 3.03. The molecular weight excluding hydrogens is 436 g/mol. The van der Waals surface area contributed by atoms with Gasteiger partial charge in [0.25, 0.3) is 11.5 Å². The second-order valence-corrected chi connectivity index (χ2v) is 8.60. The highest BCUT2D eigenvalue weighted by atomic mass is 16.2. The minimum atomic E-state index is -0.197. The van der Waals surface area contributed by atoms with Crippen LogP contribution in [0.3, 0.4) is 0 Å². The lowest BCUT2D eigenvalue weighted by Crippen LogP contribution is -2.35. The molecule has 2 heterocycles. The smallest absolute Gasteiger partial charge is 0.266 e. The van der Waals surface area contributed by atoms with Crippen molar-refractivity contribution in [1.82, 2.24) is 14.5 Å². The second-order valence-electron chi connectivity index (χ2n) is 8.60. The molecule has 3 aromatic carbocycles. The van der Waals surface area contributed by atoms with Crippen molar-refractivity contribution in [3.63, 3.8) is 0 Å². The van der Waals surface area contributed by atoms with Crippen molar-refractivity contribution >= 4 is 29.0 Å². The van der Waals surface area contributed by atoms with Crippen molar-refractivity contribution < 1.29 is 4.79 Å². The third kappa shape index (κ3) is 4.62. The van der Waals surface area contributed by atoms with Gasteiger partial charge in [0.05, 0.1) is 28.2 Å². The highest BCUT2D eigenvalue weighted by molar-refractivity contribution is 5.95. The Bertz CT molecular complexity index is 1520. The fraction of sp³-hybridized carbons (Fsp3) is 0.172. The third-order valence-corrected chi connectivity index (χ3v) is 6.26. The van der Waals surface area contributed by atoms with Crippen LogP contribution >= 0.6 is 0 Å². The standard InChI is InChI=1S/C29H24N4O2/c30-20-22-13-11-21(12-14-22)15-16-27-31-26-10-3-2-9-25(26)29(35)33(27)24-8-6-7-23(19-24)28(34)32-17-4-1-5-18-32/h2-3,6-16,19H,1,4-5,17-18H2/b16-15+. The molecular formula is C29H24N4O2. The molecule has 1 aliphatic heterocycles. The molecule has 172 valence electrons. The van der Waals surface area contributed by atoms with Gasteiger partial charge in [-0.3, -0.25) is 14.2 Å². The molecule has 0 saturated carbocycles.